The Labute approximate surface area is 114 Å². The highest BCUT2D eigenvalue weighted by molar-refractivity contribution is 5.94. The summed E-state index contributed by atoms with van der Waals surface area (Å²) in [6, 6.07) is 5.54. The van der Waals surface area contributed by atoms with Crippen LogP contribution in [0.2, 0.25) is 0 Å². The Balaban J connectivity index is 1.97. The van der Waals surface area contributed by atoms with Crippen molar-refractivity contribution in [1.82, 2.24) is 4.90 Å². The quantitative estimate of drug-likeness (QED) is 0.875. The number of anilines is 1. The number of aromatic carboxylic acids is 1. The molecule has 2 N–H and O–H groups in total. The molecule has 1 heterocycles. The first-order valence-corrected chi connectivity index (χ1v) is 6.82. The molecule has 0 unspecified atom stereocenters. The van der Waals surface area contributed by atoms with E-state index >= 15 is 0 Å². The Hall–Kier alpha value is -1.55. The molecule has 0 saturated carbocycles. The van der Waals surface area contributed by atoms with Crippen LogP contribution in [0.5, 0.6) is 0 Å². The van der Waals surface area contributed by atoms with Crippen molar-refractivity contribution in [2.45, 2.75) is 19.8 Å². The molecule has 1 aliphatic heterocycles. The summed E-state index contributed by atoms with van der Waals surface area (Å²) in [6.07, 6.45) is 2.36. The molecule has 19 heavy (non-hydrogen) atoms. The van der Waals surface area contributed by atoms with E-state index < -0.39 is 5.97 Å². The average molecular weight is 262 g/mol. The van der Waals surface area contributed by atoms with E-state index in [4.69, 9.17) is 0 Å². The topological polar surface area (TPSA) is 52.6 Å². The third-order valence-electron chi connectivity index (χ3n) is 3.82. The van der Waals surface area contributed by atoms with Gasteiger partial charge in [0.05, 0.1) is 5.56 Å². The first-order chi connectivity index (χ1) is 9.06. The maximum absolute atomic E-state index is 11.2. The fourth-order valence-corrected chi connectivity index (χ4v) is 2.51. The number of piperidine rings is 1. The summed E-state index contributed by atoms with van der Waals surface area (Å²) in [5, 5.41) is 12.5. The summed E-state index contributed by atoms with van der Waals surface area (Å²) >= 11 is 0. The lowest BCUT2D eigenvalue weighted by Gasteiger charge is -2.29. The summed E-state index contributed by atoms with van der Waals surface area (Å²) < 4.78 is 0. The number of benzene rings is 1. The predicted molar refractivity (Wildman–Crippen MR) is 76.8 cm³/mol. The minimum absolute atomic E-state index is 0.368. The molecule has 0 aliphatic carbocycles. The van der Waals surface area contributed by atoms with E-state index in [9.17, 15) is 9.90 Å². The molecule has 1 fully saturated rings. The molecular weight excluding hydrogens is 240 g/mol. The molecule has 1 aromatic rings. The second-order valence-electron chi connectivity index (χ2n) is 5.48. The second-order valence-corrected chi connectivity index (χ2v) is 5.48. The molecule has 0 aromatic heterocycles. The number of nitrogens with one attached hydrogen (secondary N) is 1. The van der Waals surface area contributed by atoms with Gasteiger partial charge in [0.25, 0.3) is 0 Å². The standard InChI is InChI=1S/C15H22N2O2/c1-11-3-4-14(13(9-11)15(18)19)16-10-12-5-7-17(2)8-6-12/h3-4,9,12,16H,5-8,10H2,1-2H3,(H,18,19). The van der Waals surface area contributed by atoms with Gasteiger partial charge in [-0.15, -0.1) is 0 Å². The number of aryl methyl sites for hydroxylation is 1. The second kappa shape index (κ2) is 6.06. The SMILES string of the molecule is Cc1ccc(NCC2CCN(C)CC2)c(C(=O)O)c1. The first kappa shape index (κ1) is 13.9. The lowest BCUT2D eigenvalue weighted by Crippen LogP contribution is -2.33. The van der Waals surface area contributed by atoms with Gasteiger partial charge >= 0.3 is 5.97 Å². The lowest BCUT2D eigenvalue weighted by molar-refractivity contribution is 0.0698. The number of carboxylic acids is 1. The number of carbonyl (C=O) groups is 1. The zero-order valence-electron chi connectivity index (χ0n) is 11.6. The van der Waals surface area contributed by atoms with Crippen molar-refractivity contribution in [2.24, 2.45) is 5.92 Å². The number of hydrogen-bond donors (Lipinski definition) is 2. The van der Waals surface area contributed by atoms with Crippen LogP contribution in [0.3, 0.4) is 0 Å². The molecule has 2 rings (SSSR count). The third-order valence-corrected chi connectivity index (χ3v) is 3.82. The minimum atomic E-state index is -0.866. The fourth-order valence-electron chi connectivity index (χ4n) is 2.51. The average Bonchev–Trinajstić information content (AvgIpc) is 2.39. The van der Waals surface area contributed by atoms with E-state index in [-0.39, 0.29) is 0 Å². The zero-order chi connectivity index (χ0) is 13.8. The smallest absolute Gasteiger partial charge is 0.337 e. The van der Waals surface area contributed by atoms with Crippen molar-refractivity contribution in [3.05, 3.63) is 29.3 Å². The lowest BCUT2D eigenvalue weighted by atomic mass is 9.97. The monoisotopic (exact) mass is 262 g/mol. The van der Waals surface area contributed by atoms with Gasteiger partial charge in [0.2, 0.25) is 0 Å². The van der Waals surface area contributed by atoms with Gasteiger partial charge in [-0.25, -0.2) is 4.79 Å². The van der Waals surface area contributed by atoms with Crippen LogP contribution in [-0.4, -0.2) is 42.7 Å². The summed E-state index contributed by atoms with van der Waals surface area (Å²) in [7, 11) is 2.14. The van der Waals surface area contributed by atoms with Crippen LogP contribution in [0, 0.1) is 12.8 Å². The molecule has 4 heteroatoms. The molecule has 0 amide bonds. The summed E-state index contributed by atoms with van der Waals surface area (Å²) in [6.45, 7) is 5.03. The van der Waals surface area contributed by atoms with E-state index in [0.29, 0.717) is 11.5 Å². The van der Waals surface area contributed by atoms with Gasteiger partial charge in [0, 0.05) is 12.2 Å². The van der Waals surface area contributed by atoms with Crippen molar-refractivity contribution in [3.63, 3.8) is 0 Å². The van der Waals surface area contributed by atoms with Crippen molar-refractivity contribution >= 4 is 11.7 Å². The van der Waals surface area contributed by atoms with Crippen molar-refractivity contribution < 1.29 is 9.90 Å². The Bertz CT molecular complexity index is 451. The molecule has 1 aliphatic rings. The predicted octanol–water partition coefficient (Wildman–Crippen LogP) is 2.45. The first-order valence-electron chi connectivity index (χ1n) is 6.82. The Morgan fingerprint density at radius 1 is 1.42 bits per heavy atom. The third kappa shape index (κ3) is 3.70. The summed E-state index contributed by atoms with van der Waals surface area (Å²) in [5.74, 6) is -0.228. The van der Waals surface area contributed by atoms with Crippen LogP contribution in [0.25, 0.3) is 0 Å². The number of hydrogen-bond acceptors (Lipinski definition) is 3. The minimum Gasteiger partial charge on any atom is -0.478 e. The highest BCUT2D eigenvalue weighted by atomic mass is 16.4. The van der Waals surface area contributed by atoms with Crippen LogP contribution in [-0.2, 0) is 0 Å². The Kier molecular flexibility index (Phi) is 4.43. The molecule has 0 bridgehead atoms. The van der Waals surface area contributed by atoms with Crippen molar-refractivity contribution in [1.29, 1.82) is 0 Å². The normalized spacial score (nSPS) is 17.4. The zero-order valence-corrected chi connectivity index (χ0v) is 11.6. The molecule has 1 saturated heterocycles. The van der Waals surface area contributed by atoms with Crippen molar-refractivity contribution in [3.8, 4) is 0 Å². The van der Waals surface area contributed by atoms with E-state index in [1.54, 1.807) is 6.07 Å². The Morgan fingerprint density at radius 2 is 2.11 bits per heavy atom. The fraction of sp³-hybridized carbons (Fsp3) is 0.533. The molecule has 0 spiro atoms. The number of likely N-dealkylation sites (tertiary alicyclic amines) is 1. The number of carboxylic acid groups (broad SMARTS) is 1. The largest absolute Gasteiger partial charge is 0.478 e. The van der Waals surface area contributed by atoms with Gasteiger partial charge in [0.1, 0.15) is 0 Å². The van der Waals surface area contributed by atoms with Gasteiger partial charge in [0.15, 0.2) is 0 Å². The van der Waals surface area contributed by atoms with E-state index in [1.807, 2.05) is 19.1 Å². The highest BCUT2D eigenvalue weighted by Gasteiger charge is 2.17. The maximum Gasteiger partial charge on any atom is 0.337 e. The van der Waals surface area contributed by atoms with Gasteiger partial charge in [-0.05, 0) is 58.0 Å². The highest BCUT2D eigenvalue weighted by Crippen LogP contribution is 2.20. The summed E-state index contributed by atoms with van der Waals surface area (Å²) in [5.41, 5.74) is 2.08. The van der Waals surface area contributed by atoms with Crippen LogP contribution in [0.4, 0.5) is 5.69 Å². The van der Waals surface area contributed by atoms with E-state index in [2.05, 4.69) is 17.3 Å². The maximum atomic E-state index is 11.2. The molecule has 104 valence electrons. The molecular formula is C15H22N2O2. The van der Waals surface area contributed by atoms with Gasteiger partial charge in [-0.2, -0.15) is 0 Å². The van der Waals surface area contributed by atoms with E-state index in [1.165, 1.54) is 12.8 Å². The molecule has 1 aromatic carbocycles. The van der Waals surface area contributed by atoms with Crippen molar-refractivity contribution in [2.75, 3.05) is 32.0 Å². The van der Waals surface area contributed by atoms with Gasteiger partial charge in [-0.3, -0.25) is 0 Å². The van der Waals surface area contributed by atoms with E-state index in [0.717, 1.165) is 30.9 Å². The van der Waals surface area contributed by atoms with Crippen LogP contribution in [0.1, 0.15) is 28.8 Å². The van der Waals surface area contributed by atoms with Crippen LogP contribution in [0.15, 0.2) is 18.2 Å². The number of rotatable bonds is 4. The molecule has 4 nitrogen and oxygen atoms in total. The molecule has 0 atom stereocenters. The van der Waals surface area contributed by atoms with Gasteiger partial charge < -0.3 is 15.3 Å². The molecule has 0 radical (unpaired) electrons. The van der Waals surface area contributed by atoms with Crippen LogP contribution >= 0.6 is 0 Å². The summed E-state index contributed by atoms with van der Waals surface area (Å²) in [4.78, 5) is 13.6. The Morgan fingerprint density at radius 3 is 2.74 bits per heavy atom. The van der Waals surface area contributed by atoms with Crippen LogP contribution < -0.4 is 5.32 Å². The van der Waals surface area contributed by atoms with Gasteiger partial charge in [-0.1, -0.05) is 11.6 Å². The number of nitrogens with zero attached hydrogens (tertiary/aromatic N) is 1.